The summed E-state index contributed by atoms with van der Waals surface area (Å²) >= 11 is 1.75. The molecule has 2 aromatic rings. The van der Waals surface area contributed by atoms with E-state index in [1.165, 1.54) is 22.6 Å². The number of halogens is 1. The van der Waals surface area contributed by atoms with Crippen LogP contribution in [0.25, 0.3) is 0 Å². The maximum Gasteiger partial charge on any atom is 0.123 e. The number of hydrogen-bond acceptors (Lipinski definition) is 2. The zero-order chi connectivity index (χ0) is 14.4. The molecule has 0 aliphatic carbocycles. The molecule has 0 aliphatic heterocycles. The molecule has 106 valence electrons. The average Bonchev–Trinajstić information content (AvgIpc) is 2.48. The van der Waals surface area contributed by atoms with Crippen molar-refractivity contribution >= 4 is 11.8 Å². The predicted molar refractivity (Wildman–Crippen MR) is 84.6 cm³/mol. The highest BCUT2D eigenvalue weighted by Gasteiger charge is 2.03. The van der Waals surface area contributed by atoms with Crippen LogP contribution < -0.4 is 5.32 Å². The highest BCUT2D eigenvalue weighted by atomic mass is 32.2. The Morgan fingerprint density at radius 2 is 1.60 bits per heavy atom. The quantitative estimate of drug-likeness (QED) is 0.797. The molecule has 0 heterocycles. The average molecular weight is 289 g/mol. The van der Waals surface area contributed by atoms with Gasteiger partial charge in [0.1, 0.15) is 5.82 Å². The van der Waals surface area contributed by atoms with Crippen LogP contribution in [-0.2, 0) is 13.0 Å². The van der Waals surface area contributed by atoms with Gasteiger partial charge in [0.05, 0.1) is 0 Å². The standard InChI is InChI=1S/C17H20FNS/c1-13(11-14-3-7-16(18)8-4-14)19-12-15-5-9-17(20-2)10-6-15/h3-10,13,19H,11-12H2,1-2H3. The van der Waals surface area contributed by atoms with Crippen molar-refractivity contribution in [3.8, 4) is 0 Å². The van der Waals surface area contributed by atoms with E-state index in [1.54, 1.807) is 11.8 Å². The molecular formula is C17H20FNS. The summed E-state index contributed by atoms with van der Waals surface area (Å²) in [5.41, 5.74) is 2.44. The van der Waals surface area contributed by atoms with E-state index in [-0.39, 0.29) is 5.82 Å². The summed E-state index contributed by atoms with van der Waals surface area (Å²) < 4.78 is 12.8. The zero-order valence-corrected chi connectivity index (χ0v) is 12.7. The van der Waals surface area contributed by atoms with Gasteiger partial charge in [0.2, 0.25) is 0 Å². The second-order valence-corrected chi connectivity index (χ2v) is 5.84. The molecule has 0 spiro atoms. The lowest BCUT2D eigenvalue weighted by Crippen LogP contribution is -2.27. The highest BCUT2D eigenvalue weighted by molar-refractivity contribution is 7.98. The van der Waals surface area contributed by atoms with Gasteiger partial charge >= 0.3 is 0 Å². The Labute approximate surface area is 124 Å². The molecule has 1 unspecified atom stereocenters. The van der Waals surface area contributed by atoms with Crippen LogP contribution in [0.1, 0.15) is 18.1 Å². The Kier molecular flexibility index (Phi) is 5.62. The summed E-state index contributed by atoms with van der Waals surface area (Å²) in [5, 5.41) is 3.50. The first-order chi connectivity index (χ1) is 9.67. The third kappa shape index (κ3) is 4.66. The van der Waals surface area contributed by atoms with Crippen molar-refractivity contribution in [3.63, 3.8) is 0 Å². The molecule has 3 heteroatoms. The summed E-state index contributed by atoms with van der Waals surface area (Å²) in [6, 6.07) is 15.7. The fourth-order valence-corrected chi connectivity index (χ4v) is 2.49. The molecular weight excluding hydrogens is 269 g/mol. The maximum absolute atomic E-state index is 12.8. The Morgan fingerprint density at radius 3 is 2.20 bits per heavy atom. The SMILES string of the molecule is CSc1ccc(CNC(C)Cc2ccc(F)cc2)cc1. The number of benzene rings is 2. The Hall–Kier alpha value is -1.32. The minimum absolute atomic E-state index is 0.178. The van der Waals surface area contributed by atoms with Crippen LogP contribution in [0.5, 0.6) is 0 Å². The molecule has 0 radical (unpaired) electrons. The molecule has 0 bridgehead atoms. The van der Waals surface area contributed by atoms with Gasteiger partial charge in [-0.2, -0.15) is 0 Å². The summed E-state index contributed by atoms with van der Waals surface area (Å²) in [7, 11) is 0. The van der Waals surface area contributed by atoms with Crippen LogP contribution in [0.15, 0.2) is 53.4 Å². The van der Waals surface area contributed by atoms with E-state index in [2.05, 4.69) is 42.8 Å². The van der Waals surface area contributed by atoms with E-state index in [1.807, 2.05) is 12.1 Å². The highest BCUT2D eigenvalue weighted by Crippen LogP contribution is 2.15. The lowest BCUT2D eigenvalue weighted by molar-refractivity contribution is 0.544. The molecule has 2 aromatic carbocycles. The van der Waals surface area contributed by atoms with E-state index < -0.39 is 0 Å². The molecule has 0 aliphatic rings. The van der Waals surface area contributed by atoms with Gasteiger partial charge in [-0.3, -0.25) is 0 Å². The summed E-state index contributed by atoms with van der Waals surface area (Å²) in [5.74, 6) is -0.178. The third-order valence-corrected chi connectivity index (χ3v) is 4.01. The minimum atomic E-state index is -0.178. The summed E-state index contributed by atoms with van der Waals surface area (Å²) in [4.78, 5) is 1.29. The lowest BCUT2D eigenvalue weighted by Gasteiger charge is -2.14. The largest absolute Gasteiger partial charge is 0.310 e. The Bertz CT molecular complexity index is 522. The van der Waals surface area contributed by atoms with Crippen molar-refractivity contribution in [2.24, 2.45) is 0 Å². The van der Waals surface area contributed by atoms with Gasteiger partial charge in [0, 0.05) is 17.5 Å². The smallest absolute Gasteiger partial charge is 0.123 e. The van der Waals surface area contributed by atoms with E-state index >= 15 is 0 Å². The second-order valence-electron chi connectivity index (χ2n) is 4.96. The molecule has 0 saturated heterocycles. The first kappa shape index (κ1) is 15.1. The van der Waals surface area contributed by atoms with Crippen molar-refractivity contribution in [2.45, 2.75) is 30.8 Å². The molecule has 1 N–H and O–H groups in total. The van der Waals surface area contributed by atoms with Crippen LogP contribution in [-0.4, -0.2) is 12.3 Å². The minimum Gasteiger partial charge on any atom is -0.310 e. The molecule has 1 nitrogen and oxygen atoms in total. The van der Waals surface area contributed by atoms with Gasteiger partial charge < -0.3 is 5.32 Å². The second kappa shape index (κ2) is 7.46. The van der Waals surface area contributed by atoms with Gasteiger partial charge in [-0.05, 0) is 55.0 Å². The van der Waals surface area contributed by atoms with Crippen molar-refractivity contribution < 1.29 is 4.39 Å². The van der Waals surface area contributed by atoms with Gasteiger partial charge in [0.15, 0.2) is 0 Å². The van der Waals surface area contributed by atoms with Gasteiger partial charge in [-0.1, -0.05) is 24.3 Å². The van der Waals surface area contributed by atoms with Crippen molar-refractivity contribution in [2.75, 3.05) is 6.26 Å². The van der Waals surface area contributed by atoms with E-state index in [0.717, 1.165) is 18.5 Å². The zero-order valence-electron chi connectivity index (χ0n) is 11.9. The number of hydrogen-bond donors (Lipinski definition) is 1. The molecule has 0 fully saturated rings. The molecule has 0 aromatic heterocycles. The first-order valence-corrected chi connectivity index (χ1v) is 8.00. The van der Waals surface area contributed by atoms with Crippen LogP contribution in [0, 0.1) is 5.82 Å². The fraction of sp³-hybridized carbons (Fsp3) is 0.294. The third-order valence-electron chi connectivity index (χ3n) is 3.27. The van der Waals surface area contributed by atoms with E-state index in [0.29, 0.717) is 6.04 Å². The van der Waals surface area contributed by atoms with Crippen LogP contribution in [0.3, 0.4) is 0 Å². The van der Waals surface area contributed by atoms with Crippen molar-refractivity contribution in [1.29, 1.82) is 0 Å². The van der Waals surface area contributed by atoms with Crippen molar-refractivity contribution in [3.05, 3.63) is 65.5 Å². The Balaban J connectivity index is 1.82. The van der Waals surface area contributed by atoms with E-state index in [4.69, 9.17) is 0 Å². The number of nitrogens with one attached hydrogen (secondary N) is 1. The predicted octanol–water partition coefficient (Wildman–Crippen LogP) is 4.27. The van der Waals surface area contributed by atoms with Gasteiger partial charge in [-0.15, -0.1) is 11.8 Å². The van der Waals surface area contributed by atoms with Crippen molar-refractivity contribution in [1.82, 2.24) is 5.32 Å². The first-order valence-electron chi connectivity index (χ1n) is 6.78. The maximum atomic E-state index is 12.8. The van der Waals surface area contributed by atoms with Crippen LogP contribution in [0.4, 0.5) is 4.39 Å². The molecule has 0 amide bonds. The van der Waals surface area contributed by atoms with Gasteiger partial charge in [-0.25, -0.2) is 4.39 Å². The number of rotatable bonds is 6. The topological polar surface area (TPSA) is 12.0 Å². The van der Waals surface area contributed by atoms with E-state index in [9.17, 15) is 4.39 Å². The monoisotopic (exact) mass is 289 g/mol. The summed E-state index contributed by atoms with van der Waals surface area (Å²) in [6.07, 6.45) is 2.99. The summed E-state index contributed by atoms with van der Waals surface area (Å²) in [6.45, 7) is 3.01. The molecule has 0 saturated carbocycles. The van der Waals surface area contributed by atoms with Crippen LogP contribution in [0.2, 0.25) is 0 Å². The molecule has 2 rings (SSSR count). The molecule has 20 heavy (non-hydrogen) atoms. The van der Waals surface area contributed by atoms with Gasteiger partial charge in [0.25, 0.3) is 0 Å². The number of thioether (sulfide) groups is 1. The fourth-order valence-electron chi connectivity index (χ4n) is 2.08. The lowest BCUT2D eigenvalue weighted by atomic mass is 10.1. The molecule has 1 atom stereocenters. The Morgan fingerprint density at radius 1 is 1.00 bits per heavy atom. The normalized spacial score (nSPS) is 12.3. The van der Waals surface area contributed by atoms with Crippen LogP contribution >= 0.6 is 11.8 Å².